The fourth-order valence-electron chi connectivity index (χ4n) is 3.13. The predicted molar refractivity (Wildman–Crippen MR) is 119 cm³/mol. The van der Waals surface area contributed by atoms with Gasteiger partial charge in [0, 0.05) is 12.7 Å². The van der Waals surface area contributed by atoms with Crippen molar-refractivity contribution in [2.24, 2.45) is 7.05 Å². The lowest BCUT2D eigenvalue weighted by atomic mass is 10.1. The second-order valence-corrected chi connectivity index (χ2v) is 10.3. The summed E-state index contributed by atoms with van der Waals surface area (Å²) in [5.41, 5.74) is -0.618. The van der Waals surface area contributed by atoms with Crippen LogP contribution in [0.1, 0.15) is 12.5 Å². The number of rotatable bonds is 5. The highest BCUT2D eigenvalue weighted by Gasteiger charge is 2.36. The summed E-state index contributed by atoms with van der Waals surface area (Å²) in [6, 6.07) is 5.92. The van der Waals surface area contributed by atoms with Crippen LogP contribution in [0, 0.1) is 0 Å². The van der Waals surface area contributed by atoms with Crippen molar-refractivity contribution in [2.75, 3.05) is 15.9 Å². The highest BCUT2D eigenvalue weighted by atomic mass is 35.5. The number of carbonyl (C=O) groups excluding carboxylic acids is 1. The Morgan fingerprint density at radius 3 is 2.47 bits per heavy atom. The van der Waals surface area contributed by atoms with E-state index in [9.17, 15) is 31.2 Å². The quantitative estimate of drug-likeness (QED) is 0.564. The molecule has 1 amide bonds. The average molecular weight is 508 g/mol. The maximum Gasteiger partial charge on any atom is 0.417 e. The Kier molecular flexibility index (Phi) is 6.33. The van der Waals surface area contributed by atoms with E-state index in [2.05, 4.69) is 5.32 Å². The van der Waals surface area contributed by atoms with Crippen molar-refractivity contribution in [3.63, 3.8) is 0 Å². The van der Waals surface area contributed by atoms with Crippen molar-refractivity contribution in [3.05, 3.63) is 56.7 Å². The molecule has 0 aliphatic rings. The van der Waals surface area contributed by atoms with E-state index >= 15 is 0 Å². The van der Waals surface area contributed by atoms with Crippen LogP contribution in [0.15, 0.2) is 41.2 Å². The van der Waals surface area contributed by atoms with Gasteiger partial charge in [0.2, 0.25) is 15.9 Å². The number of amides is 1. The summed E-state index contributed by atoms with van der Waals surface area (Å²) in [6.45, 7) is 1.25. The Balaban J connectivity index is 1.96. The van der Waals surface area contributed by atoms with Gasteiger partial charge in [-0.15, -0.1) is 0 Å². The number of alkyl halides is 3. The van der Waals surface area contributed by atoms with Crippen LogP contribution in [0.3, 0.4) is 0 Å². The van der Waals surface area contributed by atoms with Crippen molar-refractivity contribution < 1.29 is 26.4 Å². The van der Waals surface area contributed by atoms with E-state index < -0.39 is 38.7 Å². The van der Waals surface area contributed by atoms with Gasteiger partial charge in [-0.05, 0) is 43.3 Å². The van der Waals surface area contributed by atoms with E-state index in [-0.39, 0.29) is 10.6 Å². The van der Waals surface area contributed by atoms with Crippen LogP contribution in [0.4, 0.5) is 24.5 Å². The van der Waals surface area contributed by atoms with Gasteiger partial charge >= 0.3 is 11.0 Å². The number of anilines is 2. The first-order valence-corrected chi connectivity index (χ1v) is 12.0. The number of hydrogen-bond acceptors (Lipinski definition) is 5. The first-order chi connectivity index (χ1) is 14.7. The molecule has 0 saturated heterocycles. The third-order valence-electron chi connectivity index (χ3n) is 4.66. The lowest BCUT2D eigenvalue weighted by Crippen LogP contribution is -2.45. The molecule has 0 aliphatic heterocycles. The number of thiazole rings is 1. The minimum Gasteiger partial charge on any atom is -0.324 e. The summed E-state index contributed by atoms with van der Waals surface area (Å²) in [4.78, 5) is 24.4. The number of nitrogens with one attached hydrogen (secondary N) is 1. The van der Waals surface area contributed by atoms with Crippen LogP contribution in [0.5, 0.6) is 0 Å². The summed E-state index contributed by atoms with van der Waals surface area (Å²) in [7, 11) is -2.54. The number of nitrogens with zero attached hydrogens (tertiary/aromatic N) is 2. The minimum absolute atomic E-state index is 0.191. The second kappa shape index (κ2) is 8.41. The Bertz CT molecular complexity index is 1370. The smallest absolute Gasteiger partial charge is 0.324 e. The number of aryl methyl sites for hydroxylation is 1. The second-order valence-electron chi connectivity index (χ2n) is 7.00. The summed E-state index contributed by atoms with van der Waals surface area (Å²) >= 11 is 6.59. The predicted octanol–water partition coefficient (Wildman–Crippen LogP) is 4.07. The molecule has 3 aromatic rings. The van der Waals surface area contributed by atoms with Gasteiger partial charge in [0.15, 0.2) is 0 Å². The number of halogens is 4. The molecule has 1 atom stereocenters. The largest absolute Gasteiger partial charge is 0.417 e. The van der Waals surface area contributed by atoms with Crippen LogP contribution in [-0.4, -0.2) is 31.2 Å². The molecule has 1 heterocycles. The van der Waals surface area contributed by atoms with Crippen LogP contribution in [0.2, 0.25) is 5.02 Å². The van der Waals surface area contributed by atoms with E-state index in [0.717, 1.165) is 29.7 Å². The van der Waals surface area contributed by atoms with Gasteiger partial charge in [0.25, 0.3) is 0 Å². The molecule has 0 spiro atoms. The first-order valence-electron chi connectivity index (χ1n) is 8.96. The number of sulfonamides is 1. The van der Waals surface area contributed by atoms with E-state index in [0.29, 0.717) is 26.3 Å². The van der Waals surface area contributed by atoms with Gasteiger partial charge in [-0.1, -0.05) is 22.9 Å². The summed E-state index contributed by atoms with van der Waals surface area (Å²) < 4.78 is 67.1. The molecule has 0 fully saturated rings. The molecule has 2 aromatic carbocycles. The Hall–Kier alpha value is -2.57. The molecular weight excluding hydrogens is 491 g/mol. The van der Waals surface area contributed by atoms with Crippen LogP contribution in [-0.2, 0) is 28.0 Å². The number of hydrogen-bond donors (Lipinski definition) is 1. The molecule has 13 heteroatoms. The fourth-order valence-corrected chi connectivity index (χ4v) is 5.44. The first kappa shape index (κ1) is 24.1. The lowest BCUT2D eigenvalue weighted by Gasteiger charge is -2.29. The Morgan fingerprint density at radius 2 is 1.88 bits per heavy atom. The Labute approximate surface area is 190 Å². The normalized spacial score (nSPS) is 13.2. The van der Waals surface area contributed by atoms with Crippen molar-refractivity contribution >= 4 is 60.5 Å². The van der Waals surface area contributed by atoms with Gasteiger partial charge in [-0.3, -0.25) is 13.9 Å². The number of fused-ring (bicyclic) bond motifs is 1. The maximum atomic E-state index is 13.2. The molecule has 0 unspecified atom stereocenters. The van der Waals surface area contributed by atoms with Gasteiger partial charge < -0.3 is 9.88 Å². The number of aromatic nitrogens is 1. The highest BCUT2D eigenvalue weighted by Crippen LogP contribution is 2.37. The van der Waals surface area contributed by atoms with E-state index in [1.54, 1.807) is 19.2 Å². The molecule has 32 heavy (non-hydrogen) atoms. The zero-order valence-electron chi connectivity index (χ0n) is 16.9. The summed E-state index contributed by atoms with van der Waals surface area (Å²) in [5.74, 6) is -0.776. The van der Waals surface area contributed by atoms with Gasteiger partial charge in [0.05, 0.1) is 32.7 Å². The molecule has 1 aromatic heterocycles. The molecule has 0 radical (unpaired) electrons. The molecule has 0 saturated carbocycles. The summed E-state index contributed by atoms with van der Waals surface area (Å²) in [6.07, 6.45) is -4.03. The summed E-state index contributed by atoms with van der Waals surface area (Å²) in [5, 5.41) is 1.95. The SMILES string of the molecule is C[C@H](C(=O)Nc1ccc2c(c1)sc(=O)n2C)N(c1ccc(Cl)c(C(F)(F)F)c1)S(C)(=O)=O. The standard InChI is InChI=1S/C19H17ClF3N3O4S2/c1-10(17(27)24-11-4-7-15-16(8-11)31-18(28)25(15)2)26(32(3,29)30)12-5-6-14(20)13(9-12)19(21,22)23/h4-10H,1-3H3,(H,24,27)/t10-/m1/s1. The molecule has 1 N–H and O–H groups in total. The molecule has 172 valence electrons. The maximum absolute atomic E-state index is 13.2. The zero-order chi connectivity index (χ0) is 24.0. The van der Waals surface area contributed by atoms with E-state index in [4.69, 9.17) is 11.6 Å². The van der Waals surface area contributed by atoms with Gasteiger partial charge in [-0.25, -0.2) is 8.42 Å². The van der Waals surface area contributed by atoms with Crippen LogP contribution >= 0.6 is 22.9 Å². The number of benzene rings is 2. The molecule has 0 bridgehead atoms. The van der Waals surface area contributed by atoms with Crippen molar-refractivity contribution in [3.8, 4) is 0 Å². The third kappa shape index (κ3) is 4.76. The van der Waals surface area contributed by atoms with E-state index in [1.165, 1.54) is 17.6 Å². The molecular formula is C19H17ClF3N3O4S2. The zero-order valence-corrected chi connectivity index (χ0v) is 19.3. The monoisotopic (exact) mass is 507 g/mol. The van der Waals surface area contributed by atoms with Crippen molar-refractivity contribution in [2.45, 2.75) is 19.1 Å². The lowest BCUT2D eigenvalue weighted by molar-refractivity contribution is -0.137. The van der Waals surface area contributed by atoms with Crippen LogP contribution < -0.4 is 14.5 Å². The topological polar surface area (TPSA) is 88.5 Å². The van der Waals surface area contributed by atoms with E-state index in [1.807, 2.05) is 0 Å². The number of carbonyl (C=O) groups is 1. The highest BCUT2D eigenvalue weighted by molar-refractivity contribution is 7.92. The van der Waals surface area contributed by atoms with Crippen molar-refractivity contribution in [1.29, 1.82) is 0 Å². The average Bonchev–Trinajstić information content (AvgIpc) is 2.94. The molecule has 0 aliphatic carbocycles. The van der Waals surface area contributed by atoms with Gasteiger partial charge in [-0.2, -0.15) is 13.2 Å². The minimum atomic E-state index is -4.81. The molecule has 3 rings (SSSR count). The van der Waals surface area contributed by atoms with Crippen molar-refractivity contribution in [1.82, 2.24) is 4.57 Å². The van der Waals surface area contributed by atoms with Gasteiger partial charge in [0.1, 0.15) is 6.04 Å². The third-order valence-corrected chi connectivity index (χ3v) is 7.22. The molecule has 7 nitrogen and oxygen atoms in total. The fraction of sp³-hybridized carbons (Fsp3) is 0.263. The van der Waals surface area contributed by atoms with Crippen LogP contribution in [0.25, 0.3) is 10.2 Å². The Morgan fingerprint density at radius 1 is 1.22 bits per heavy atom.